The molecule has 0 aromatic carbocycles. The third-order valence-electron chi connectivity index (χ3n) is 7.15. The highest BCUT2D eigenvalue weighted by Gasteiger charge is 2.27. The molecule has 1 unspecified atom stereocenters. The Kier molecular flexibility index (Phi) is 5.78. The molecule has 3 heterocycles. The van der Waals surface area contributed by atoms with E-state index in [-0.39, 0.29) is 6.23 Å². The lowest BCUT2D eigenvalue weighted by Crippen LogP contribution is -2.37. The van der Waals surface area contributed by atoms with Crippen molar-refractivity contribution in [2.24, 2.45) is 5.73 Å². The molecule has 30 heavy (non-hydrogen) atoms. The van der Waals surface area contributed by atoms with E-state index in [0.29, 0.717) is 24.1 Å². The lowest BCUT2D eigenvalue weighted by atomic mass is 9.92. The molecule has 164 valence electrons. The summed E-state index contributed by atoms with van der Waals surface area (Å²) in [4.78, 5) is 16.8. The van der Waals surface area contributed by atoms with Crippen LogP contribution < -0.4 is 16.0 Å². The third kappa shape index (κ3) is 3.99. The number of imidazole rings is 1. The number of hydrogen-bond acceptors (Lipinski definition) is 7. The Morgan fingerprint density at radius 3 is 2.53 bits per heavy atom. The lowest BCUT2D eigenvalue weighted by Gasteiger charge is -2.32. The summed E-state index contributed by atoms with van der Waals surface area (Å²) in [6, 6.07) is 1.21. The first-order chi connectivity index (χ1) is 14.7. The van der Waals surface area contributed by atoms with Gasteiger partial charge in [-0.05, 0) is 57.8 Å². The van der Waals surface area contributed by atoms with Gasteiger partial charge in [0.2, 0.25) is 5.95 Å². The molecule has 2 saturated carbocycles. The van der Waals surface area contributed by atoms with E-state index in [9.17, 15) is 0 Å². The molecule has 3 aliphatic rings. The van der Waals surface area contributed by atoms with E-state index in [4.69, 9.17) is 25.4 Å². The van der Waals surface area contributed by atoms with Crippen molar-refractivity contribution in [3.63, 3.8) is 0 Å². The first kappa shape index (κ1) is 20.0. The number of nitrogens with zero attached hydrogens (tertiary/aromatic N) is 5. The fraction of sp³-hybridized carbons (Fsp3) is 0.773. The molecule has 3 fully saturated rings. The van der Waals surface area contributed by atoms with Gasteiger partial charge in [-0.25, -0.2) is 4.98 Å². The monoisotopic (exact) mass is 413 g/mol. The predicted octanol–water partition coefficient (Wildman–Crippen LogP) is 3.59. The van der Waals surface area contributed by atoms with Gasteiger partial charge in [-0.15, -0.1) is 0 Å². The highest BCUT2D eigenvalue weighted by atomic mass is 16.5. The van der Waals surface area contributed by atoms with Crippen LogP contribution in [0.15, 0.2) is 6.33 Å². The van der Waals surface area contributed by atoms with Crippen LogP contribution in [-0.2, 0) is 4.74 Å². The summed E-state index contributed by atoms with van der Waals surface area (Å²) in [5.74, 6) is 1.58. The van der Waals surface area contributed by atoms with Crippen LogP contribution in [0.25, 0.3) is 11.2 Å². The molecule has 1 atom stereocenters. The molecule has 2 aromatic heterocycles. The Balaban J connectivity index is 1.49. The Hall–Kier alpha value is -1.93. The molecule has 0 amide bonds. The van der Waals surface area contributed by atoms with Gasteiger partial charge in [0.1, 0.15) is 6.23 Å². The average Bonchev–Trinajstić information content (AvgIpc) is 3.45. The molecule has 0 bridgehead atoms. The number of anilines is 2. The summed E-state index contributed by atoms with van der Waals surface area (Å²) in [5.41, 5.74) is 7.93. The second-order valence-corrected chi connectivity index (χ2v) is 9.32. The van der Waals surface area contributed by atoms with Crippen molar-refractivity contribution in [2.45, 2.75) is 95.0 Å². The summed E-state index contributed by atoms with van der Waals surface area (Å²) >= 11 is 0. The number of rotatable bonds is 5. The Labute approximate surface area is 178 Å². The van der Waals surface area contributed by atoms with Gasteiger partial charge in [-0.2, -0.15) is 9.97 Å². The van der Waals surface area contributed by atoms with Crippen molar-refractivity contribution in [3.05, 3.63) is 6.33 Å². The zero-order chi connectivity index (χ0) is 20.5. The van der Waals surface area contributed by atoms with Gasteiger partial charge in [-0.3, -0.25) is 0 Å². The standard InChI is InChI=1S/C22H35N7O/c1-28(18-8-4-5-13-30-18)20-19-21(29(14-24-19)17-6-2-3-7-17)27-22(26-20)25-16-11-9-15(23)10-12-16/h14-18H,2-13,23H2,1H3,(H,25,26,27). The van der Waals surface area contributed by atoms with Gasteiger partial charge in [0.25, 0.3) is 0 Å². The van der Waals surface area contributed by atoms with Crippen molar-refractivity contribution in [3.8, 4) is 0 Å². The van der Waals surface area contributed by atoms with Crippen LogP contribution in [0, 0.1) is 0 Å². The fourth-order valence-corrected chi connectivity index (χ4v) is 5.27. The van der Waals surface area contributed by atoms with E-state index in [1.807, 2.05) is 6.33 Å². The molecule has 5 rings (SSSR count). The fourth-order valence-electron chi connectivity index (χ4n) is 5.27. The molecular weight excluding hydrogens is 378 g/mol. The van der Waals surface area contributed by atoms with Gasteiger partial charge in [0, 0.05) is 31.8 Å². The zero-order valence-corrected chi connectivity index (χ0v) is 18.1. The van der Waals surface area contributed by atoms with Gasteiger partial charge in [-0.1, -0.05) is 12.8 Å². The largest absolute Gasteiger partial charge is 0.358 e. The number of fused-ring (bicyclic) bond motifs is 1. The summed E-state index contributed by atoms with van der Waals surface area (Å²) in [6.07, 6.45) is 14.6. The Bertz CT molecular complexity index is 849. The summed E-state index contributed by atoms with van der Waals surface area (Å²) in [5, 5.41) is 3.61. The summed E-state index contributed by atoms with van der Waals surface area (Å²) in [6.45, 7) is 0.813. The summed E-state index contributed by atoms with van der Waals surface area (Å²) < 4.78 is 8.33. The average molecular weight is 414 g/mol. The van der Waals surface area contributed by atoms with Crippen molar-refractivity contribution < 1.29 is 4.74 Å². The molecule has 3 N–H and O–H groups in total. The van der Waals surface area contributed by atoms with Crippen LogP contribution >= 0.6 is 0 Å². The van der Waals surface area contributed by atoms with Crippen molar-refractivity contribution in [1.82, 2.24) is 19.5 Å². The highest BCUT2D eigenvalue weighted by molar-refractivity contribution is 5.85. The maximum atomic E-state index is 6.10. The molecule has 2 aromatic rings. The predicted molar refractivity (Wildman–Crippen MR) is 119 cm³/mol. The van der Waals surface area contributed by atoms with E-state index < -0.39 is 0 Å². The first-order valence-corrected chi connectivity index (χ1v) is 11.8. The Morgan fingerprint density at radius 2 is 1.80 bits per heavy atom. The number of aromatic nitrogens is 4. The normalized spacial score (nSPS) is 28.1. The van der Waals surface area contributed by atoms with E-state index in [2.05, 4.69) is 21.8 Å². The van der Waals surface area contributed by atoms with Crippen LogP contribution in [-0.4, -0.2) is 51.5 Å². The summed E-state index contributed by atoms with van der Waals surface area (Å²) in [7, 11) is 2.08. The molecule has 1 saturated heterocycles. The van der Waals surface area contributed by atoms with Gasteiger partial charge < -0.3 is 25.3 Å². The SMILES string of the molecule is CN(c1nc(NC2CCC(N)CC2)nc2c1ncn2C1CCCC1)C1CCCCO1. The number of nitrogens with two attached hydrogens (primary N) is 1. The minimum absolute atomic E-state index is 0.0500. The van der Waals surface area contributed by atoms with Crippen LogP contribution in [0.1, 0.15) is 76.7 Å². The molecule has 0 radical (unpaired) electrons. The minimum Gasteiger partial charge on any atom is -0.358 e. The number of ether oxygens (including phenoxy) is 1. The van der Waals surface area contributed by atoms with Crippen LogP contribution in [0.2, 0.25) is 0 Å². The van der Waals surface area contributed by atoms with E-state index in [0.717, 1.165) is 62.1 Å². The molecule has 0 spiro atoms. The number of hydrogen-bond donors (Lipinski definition) is 2. The topological polar surface area (TPSA) is 94.1 Å². The number of nitrogens with one attached hydrogen (secondary N) is 1. The molecule has 2 aliphatic carbocycles. The van der Waals surface area contributed by atoms with Crippen molar-refractivity contribution in [2.75, 3.05) is 23.9 Å². The minimum atomic E-state index is 0.0500. The smallest absolute Gasteiger partial charge is 0.227 e. The van der Waals surface area contributed by atoms with Gasteiger partial charge >= 0.3 is 0 Å². The van der Waals surface area contributed by atoms with E-state index in [1.165, 1.54) is 32.1 Å². The van der Waals surface area contributed by atoms with Crippen LogP contribution in [0.3, 0.4) is 0 Å². The van der Waals surface area contributed by atoms with Crippen molar-refractivity contribution >= 4 is 22.9 Å². The van der Waals surface area contributed by atoms with Gasteiger partial charge in [0.15, 0.2) is 17.0 Å². The molecule has 8 nitrogen and oxygen atoms in total. The molecule has 8 heteroatoms. The van der Waals surface area contributed by atoms with Crippen LogP contribution in [0.4, 0.5) is 11.8 Å². The van der Waals surface area contributed by atoms with Crippen molar-refractivity contribution in [1.29, 1.82) is 0 Å². The first-order valence-electron chi connectivity index (χ1n) is 11.8. The third-order valence-corrected chi connectivity index (χ3v) is 7.15. The second kappa shape index (κ2) is 8.67. The lowest BCUT2D eigenvalue weighted by molar-refractivity contribution is 0.0171. The van der Waals surface area contributed by atoms with E-state index in [1.54, 1.807) is 0 Å². The molecular formula is C22H35N7O. The highest BCUT2D eigenvalue weighted by Crippen LogP contribution is 2.35. The van der Waals surface area contributed by atoms with Crippen LogP contribution in [0.5, 0.6) is 0 Å². The zero-order valence-electron chi connectivity index (χ0n) is 18.1. The Morgan fingerprint density at radius 1 is 1.03 bits per heavy atom. The maximum Gasteiger partial charge on any atom is 0.227 e. The van der Waals surface area contributed by atoms with E-state index >= 15 is 0 Å². The second-order valence-electron chi connectivity index (χ2n) is 9.32. The maximum absolute atomic E-state index is 6.10. The quantitative estimate of drug-likeness (QED) is 0.773. The molecule has 1 aliphatic heterocycles. The van der Waals surface area contributed by atoms with Gasteiger partial charge in [0.05, 0.1) is 6.33 Å².